The van der Waals surface area contributed by atoms with Crippen molar-refractivity contribution in [3.63, 3.8) is 0 Å². The molecule has 2 atom stereocenters. The molecule has 2 unspecified atom stereocenters. The van der Waals surface area contributed by atoms with Gasteiger partial charge in [-0.15, -0.1) is 0 Å². The van der Waals surface area contributed by atoms with E-state index in [1.807, 2.05) is 48.5 Å². The van der Waals surface area contributed by atoms with E-state index in [0.29, 0.717) is 32.4 Å². The molecule has 37 heavy (non-hydrogen) atoms. The average Bonchev–Trinajstić information content (AvgIpc) is 3.14. The molecule has 2 N–H and O–H groups in total. The molecular weight excluding hydrogens is 470 g/mol. The topological polar surface area (TPSA) is 105 Å². The lowest BCUT2D eigenvalue weighted by Gasteiger charge is -2.42. The Kier molecular flexibility index (Phi) is 10.8. The highest BCUT2D eigenvalue weighted by Gasteiger charge is 2.49. The van der Waals surface area contributed by atoms with Crippen molar-refractivity contribution in [2.75, 3.05) is 26.7 Å². The molecule has 1 fully saturated rings. The predicted molar refractivity (Wildman–Crippen MR) is 147 cm³/mol. The van der Waals surface area contributed by atoms with E-state index in [2.05, 4.69) is 31.4 Å². The number of esters is 1. The molecule has 0 aromatic carbocycles. The standard InChI is InChI=1S/C29H53N3O5/c1-12-28(9,24(36)37-27(7,8)18-25(2,3)4)20-29(10,23(35)30-11)19-26(5,6)22(34)31-15-17-32-16-13-14-21(32)33/h12-20H2,1-11H3,(H,30,35)(H,31,34). The van der Waals surface area contributed by atoms with Crippen LogP contribution in [0.4, 0.5) is 0 Å². The maximum Gasteiger partial charge on any atom is 0.312 e. The van der Waals surface area contributed by atoms with Crippen molar-refractivity contribution in [2.45, 2.75) is 113 Å². The number of likely N-dealkylation sites (tertiary alicyclic amines) is 1. The van der Waals surface area contributed by atoms with Gasteiger partial charge in [-0.3, -0.25) is 19.2 Å². The van der Waals surface area contributed by atoms with E-state index in [4.69, 9.17) is 4.74 Å². The second kappa shape index (κ2) is 12.2. The summed E-state index contributed by atoms with van der Waals surface area (Å²) in [7, 11) is 1.58. The number of carbonyl (C=O) groups is 4. The van der Waals surface area contributed by atoms with Crippen molar-refractivity contribution in [1.29, 1.82) is 0 Å². The zero-order valence-electron chi connectivity index (χ0n) is 25.4. The van der Waals surface area contributed by atoms with Crippen molar-refractivity contribution in [1.82, 2.24) is 15.5 Å². The number of nitrogens with zero attached hydrogens (tertiary/aromatic N) is 1. The largest absolute Gasteiger partial charge is 0.459 e. The van der Waals surface area contributed by atoms with Gasteiger partial charge in [0.1, 0.15) is 5.60 Å². The second-order valence-corrected chi connectivity index (χ2v) is 13.9. The number of hydrogen-bond donors (Lipinski definition) is 2. The lowest BCUT2D eigenvalue weighted by atomic mass is 9.64. The Morgan fingerprint density at radius 3 is 1.95 bits per heavy atom. The van der Waals surface area contributed by atoms with Gasteiger partial charge in [0.25, 0.3) is 0 Å². The van der Waals surface area contributed by atoms with Crippen molar-refractivity contribution < 1.29 is 23.9 Å². The summed E-state index contributed by atoms with van der Waals surface area (Å²) >= 11 is 0. The molecule has 8 heteroatoms. The first-order valence-electron chi connectivity index (χ1n) is 13.7. The Balaban J connectivity index is 3.03. The van der Waals surface area contributed by atoms with Gasteiger partial charge in [0, 0.05) is 43.9 Å². The van der Waals surface area contributed by atoms with Crippen LogP contribution in [0.1, 0.15) is 108 Å². The number of hydrogen-bond acceptors (Lipinski definition) is 5. The van der Waals surface area contributed by atoms with Crippen LogP contribution in [0, 0.1) is 21.7 Å². The molecule has 1 aliphatic heterocycles. The Morgan fingerprint density at radius 1 is 0.892 bits per heavy atom. The molecule has 0 radical (unpaired) electrons. The van der Waals surface area contributed by atoms with E-state index >= 15 is 0 Å². The molecule has 0 aromatic rings. The zero-order valence-corrected chi connectivity index (χ0v) is 25.4. The molecular formula is C29H53N3O5. The van der Waals surface area contributed by atoms with Crippen LogP contribution in [0.5, 0.6) is 0 Å². The summed E-state index contributed by atoms with van der Waals surface area (Å²) < 4.78 is 6.04. The fourth-order valence-corrected chi connectivity index (χ4v) is 5.95. The van der Waals surface area contributed by atoms with Crippen LogP contribution in [0.15, 0.2) is 0 Å². The van der Waals surface area contributed by atoms with Gasteiger partial charge in [-0.1, -0.05) is 48.5 Å². The number of amides is 3. The molecule has 3 amide bonds. The summed E-state index contributed by atoms with van der Waals surface area (Å²) in [5.41, 5.74) is -3.43. The molecule has 0 bridgehead atoms. The molecule has 0 saturated carbocycles. The van der Waals surface area contributed by atoms with Gasteiger partial charge in [0.15, 0.2) is 0 Å². The quantitative estimate of drug-likeness (QED) is 0.347. The molecule has 0 spiro atoms. The summed E-state index contributed by atoms with van der Waals surface area (Å²) in [5, 5.41) is 5.70. The van der Waals surface area contributed by atoms with Crippen LogP contribution in [0.2, 0.25) is 0 Å². The monoisotopic (exact) mass is 523 g/mol. The van der Waals surface area contributed by atoms with Gasteiger partial charge in [-0.05, 0) is 58.3 Å². The van der Waals surface area contributed by atoms with Crippen molar-refractivity contribution >= 4 is 23.7 Å². The van der Waals surface area contributed by atoms with Crippen molar-refractivity contribution in [3.05, 3.63) is 0 Å². The Labute approximate surface area is 225 Å². The summed E-state index contributed by atoms with van der Waals surface area (Å²) in [4.78, 5) is 53.5. The molecule has 1 saturated heterocycles. The maximum atomic E-state index is 13.5. The third-order valence-electron chi connectivity index (χ3n) is 7.44. The van der Waals surface area contributed by atoms with Crippen molar-refractivity contribution in [2.24, 2.45) is 21.7 Å². The minimum atomic E-state index is -0.988. The molecule has 0 aliphatic carbocycles. The Morgan fingerprint density at radius 2 is 1.49 bits per heavy atom. The van der Waals surface area contributed by atoms with Crippen LogP contribution in [-0.2, 0) is 23.9 Å². The first-order valence-corrected chi connectivity index (χ1v) is 13.7. The number of carbonyl (C=O) groups excluding carboxylic acids is 4. The number of ether oxygens (including phenoxy) is 1. The maximum absolute atomic E-state index is 13.5. The van der Waals surface area contributed by atoms with Crippen LogP contribution < -0.4 is 10.6 Å². The number of rotatable bonds is 13. The SMILES string of the molecule is CCC(C)(CC(C)(CC(C)(C)C(=O)NCCN1CCCC1=O)C(=O)NC)C(=O)OC(C)(C)CC(C)(C)C. The molecule has 1 heterocycles. The van der Waals surface area contributed by atoms with E-state index < -0.39 is 21.8 Å². The normalized spacial score (nSPS) is 18.1. The highest BCUT2D eigenvalue weighted by Crippen LogP contribution is 2.45. The van der Waals surface area contributed by atoms with Gasteiger partial charge in [0.2, 0.25) is 17.7 Å². The van der Waals surface area contributed by atoms with Crippen LogP contribution in [0.3, 0.4) is 0 Å². The highest BCUT2D eigenvalue weighted by atomic mass is 16.6. The molecule has 1 aliphatic rings. The van der Waals surface area contributed by atoms with E-state index in [0.717, 1.165) is 13.0 Å². The lowest BCUT2D eigenvalue weighted by Crippen LogP contribution is -2.49. The minimum absolute atomic E-state index is 0.0115. The fourth-order valence-electron chi connectivity index (χ4n) is 5.95. The van der Waals surface area contributed by atoms with Crippen molar-refractivity contribution in [3.8, 4) is 0 Å². The first kappa shape index (κ1) is 32.9. The van der Waals surface area contributed by atoms with Crippen LogP contribution in [-0.4, -0.2) is 60.9 Å². The second-order valence-electron chi connectivity index (χ2n) is 13.9. The van der Waals surface area contributed by atoms with E-state index in [1.165, 1.54) is 0 Å². The van der Waals surface area contributed by atoms with Gasteiger partial charge in [-0.2, -0.15) is 0 Å². The minimum Gasteiger partial charge on any atom is -0.459 e. The van der Waals surface area contributed by atoms with Crippen LogP contribution >= 0.6 is 0 Å². The first-order chi connectivity index (χ1) is 16.7. The predicted octanol–water partition coefficient (Wildman–Crippen LogP) is 4.46. The Hall–Kier alpha value is -2.12. The molecule has 8 nitrogen and oxygen atoms in total. The lowest BCUT2D eigenvalue weighted by molar-refractivity contribution is -0.174. The number of nitrogens with one attached hydrogen (secondary N) is 2. The van der Waals surface area contributed by atoms with Gasteiger partial charge in [-0.25, -0.2) is 0 Å². The van der Waals surface area contributed by atoms with Crippen LogP contribution in [0.25, 0.3) is 0 Å². The highest BCUT2D eigenvalue weighted by molar-refractivity contribution is 5.87. The smallest absolute Gasteiger partial charge is 0.312 e. The third-order valence-corrected chi connectivity index (χ3v) is 7.44. The summed E-state index contributed by atoms with van der Waals surface area (Å²) in [5.74, 6) is -0.590. The summed E-state index contributed by atoms with van der Waals surface area (Å²) in [6, 6.07) is 0. The molecule has 214 valence electrons. The molecule has 1 rings (SSSR count). The fraction of sp³-hybridized carbons (Fsp3) is 0.862. The van der Waals surface area contributed by atoms with E-state index in [-0.39, 0.29) is 41.9 Å². The summed E-state index contributed by atoms with van der Waals surface area (Å²) in [6.45, 7) is 21.0. The van der Waals surface area contributed by atoms with Gasteiger partial charge < -0.3 is 20.3 Å². The van der Waals surface area contributed by atoms with Gasteiger partial charge in [0.05, 0.1) is 5.41 Å². The van der Waals surface area contributed by atoms with E-state index in [9.17, 15) is 19.2 Å². The van der Waals surface area contributed by atoms with E-state index in [1.54, 1.807) is 11.9 Å². The molecule has 0 aromatic heterocycles. The average molecular weight is 524 g/mol. The Bertz CT molecular complexity index is 845. The third kappa shape index (κ3) is 9.60. The van der Waals surface area contributed by atoms with Gasteiger partial charge >= 0.3 is 5.97 Å². The zero-order chi connectivity index (χ0) is 28.9. The summed E-state index contributed by atoms with van der Waals surface area (Å²) in [6.07, 6.45) is 3.13.